The lowest BCUT2D eigenvalue weighted by atomic mass is 9.92. The molecule has 4 rings (SSSR count). The Morgan fingerprint density at radius 2 is 2.14 bits per heavy atom. The molecule has 2 aromatic rings. The van der Waals surface area contributed by atoms with E-state index in [2.05, 4.69) is 10.3 Å². The average molecular weight is 381 g/mol. The molecule has 3 heterocycles. The molecule has 0 bridgehead atoms. The third-order valence-corrected chi connectivity index (χ3v) is 5.62. The van der Waals surface area contributed by atoms with Gasteiger partial charge in [0.05, 0.1) is 17.9 Å². The topological polar surface area (TPSA) is 80.8 Å². The molecular weight excluding hydrogens is 358 g/mol. The van der Waals surface area contributed by atoms with Crippen LogP contribution in [-0.2, 0) is 21.7 Å². The standard InChI is InChI=1S/C21H23N3O4/c1-4-21(2)14-9-10-22-18(13(14)11-28-21)19(25)23-15-12-27-17-8-6-5-7-16(17)24(3)20(15)26/h5-10,15H,4,11-12H2,1-3H3,(H,23,25)/t15-,21?/m0/s1. The summed E-state index contributed by atoms with van der Waals surface area (Å²) in [6.07, 6.45) is 2.41. The molecule has 28 heavy (non-hydrogen) atoms. The summed E-state index contributed by atoms with van der Waals surface area (Å²) in [4.78, 5) is 31.6. The fraction of sp³-hybridized carbons (Fsp3) is 0.381. The molecule has 0 saturated heterocycles. The van der Waals surface area contributed by atoms with Crippen molar-refractivity contribution < 1.29 is 19.1 Å². The van der Waals surface area contributed by atoms with E-state index in [1.807, 2.05) is 38.1 Å². The van der Waals surface area contributed by atoms with Gasteiger partial charge in [-0.1, -0.05) is 19.1 Å². The highest BCUT2D eigenvalue weighted by Gasteiger charge is 2.38. The monoisotopic (exact) mass is 381 g/mol. The minimum atomic E-state index is -0.803. The maximum Gasteiger partial charge on any atom is 0.271 e. The van der Waals surface area contributed by atoms with Crippen LogP contribution in [0.15, 0.2) is 36.5 Å². The van der Waals surface area contributed by atoms with Crippen molar-refractivity contribution in [2.45, 2.75) is 38.5 Å². The van der Waals surface area contributed by atoms with E-state index in [0.717, 1.165) is 17.5 Å². The third-order valence-electron chi connectivity index (χ3n) is 5.62. The van der Waals surface area contributed by atoms with Crippen molar-refractivity contribution in [1.29, 1.82) is 0 Å². The van der Waals surface area contributed by atoms with Gasteiger partial charge in [-0.25, -0.2) is 0 Å². The summed E-state index contributed by atoms with van der Waals surface area (Å²) in [6, 6.07) is 8.39. The van der Waals surface area contributed by atoms with Crippen LogP contribution in [0.1, 0.15) is 41.9 Å². The summed E-state index contributed by atoms with van der Waals surface area (Å²) < 4.78 is 11.7. The number of para-hydroxylation sites is 2. The van der Waals surface area contributed by atoms with Crippen LogP contribution in [0.2, 0.25) is 0 Å². The lowest BCUT2D eigenvalue weighted by Crippen LogP contribution is -2.49. The number of aromatic nitrogens is 1. The number of hydrogen-bond donors (Lipinski definition) is 1. The number of carbonyl (C=O) groups excluding carboxylic acids is 2. The van der Waals surface area contributed by atoms with Crippen molar-refractivity contribution in [1.82, 2.24) is 10.3 Å². The minimum absolute atomic E-state index is 0.0596. The second kappa shape index (κ2) is 6.91. The Morgan fingerprint density at radius 3 is 2.93 bits per heavy atom. The van der Waals surface area contributed by atoms with Gasteiger partial charge in [-0.15, -0.1) is 0 Å². The molecule has 0 fully saturated rings. The van der Waals surface area contributed by atoms with Gasteiger partial charge in [0.15, 0.2) is 0 Å². The molecule has 0 aliphatic carbocycles. The molecule has 2 atom stereocenters. The summed E-state index contributed by atoms with van der Waals surface area (Å²) in [5, 5.41) is 2.79. The Morgan fingerprint density at radius 1 is 1.36 bits per heavy atom. The Balaban J connectivity index is 1.58. The molecule has 7 nitrogen and oxygen atoms in total. The van der Waals surface area contributed by atoms with Crippen molar-refractivity contribution in [3.8, 4) is 5.75 Å². The number of carbonyl (C=O) groups is 2. The summed E-state index contributed by atoms with van der Waals surface area (Å²) >= 11 is 0. The largest absolute Gasteiger partial charge is 0.489 e. The van der Waals surface area contributed by atoms with E-state index in [-0.39, 0.29) is 12.5 Å². The fourth-order valence-corrected chi connectivity index (χ4v) is 3.71. The second-order valence-electron chi connectivity index (χ2n) is 7.26. The number of hydrogen-bond acceptors (Lipinski definition) is 5. The molecule has 0 spiro atoms. The minimum Gasteiger partial charge on any atom is -0.489 e. The molecule has 1 aromatic carbocycles. The number of ether oxygens (including phenoxy) is 2. The first-order valence-corrected chi connectivity index (χ1v) is 9.37. The van der Waals surface area contributed by atoms with E-state index in [0.29, 0.717) is 23.7 Å². The predicted octanol–water partition coefficient (Wildman–Crippen LogP) is 2.39. The molecule has 1 aromatic heterocycles. The van der Waals surface area contributed by atoms with E-state index >= 15 is 0 Å². The number of nitrogens with one attached hydrogen (secondary N) is 1. The Hall–Kier alpha value is -2.93. The fourth-order valence-electron chi connectivity index (χ4n) is 3.71. The number of benzene rings is 1. The SMILES string of the molecule is CCC1(C)OCc2c1ccnc2C(=O)N[C@H]1COc2ccccc2N(C)C1=O. The Kier molecular flexibility index (Phi) is 4.55. The van der Waals surface area contributed by atoms with Crippen LogP contribution >= 0.6 is 0 Å². The van der Waals surface area contributed by atoms with Gasteiger partial charge in [0.1, 0.15) is 24.1 Å². The number of anilines is 1. The van der Waals surface area contributed by atoms with Crippen LogP contribution in [0.25, 0.3) is 0 Å². The van der Waals surface area contributed by atoms with Crippen LogP contribution in [0.5, 0.6) is 5.75 Å². The number of nitrogens with zero attached hydrogens (tertiary/aromatic N) is 2. The van der Waals surface area contributed by atoms with Gasteiger partial charge >= 0.3 is 0 Å². The zero-order valence-corrected chi connectivity index (χ0v) is 16.2. The van der Waals surface area contributed by atoms with Gasteiger partial charge < -0.3 is 19.7 Å². The summed E-state index contributed by atoms with van der Waals surface area (Å²) in [5.74, 6) is -0.0245. The maximum absolute atomic E-state index is 13.0. The van der Waals surface area contributed by atoms with Crippen molar-refractivity contribution in [3.63, 3.8) is 0 Å². The molecule has 2 amide bonds. The van der Waals surface area contributed by atoms with Gasteiger partial charge in [-0.3, -0.25) is 14.6 Å². The Bertz CT molecular complexity index is 945. The molecule has 1 unspecified atom stereocenters. The van der Waals surface area contributed by atoms with E-state index in [1.165, 1.54) is 4.90 Å². The lowest BCUT2D eigenvalue weighted by Gasteiger charge is -2.22. The molecule has 146 valence electrons. The maximum atomic E-state index is 13.0. The first-order valence-electron chi connectivity index (χ1n) is 9.37. The number of pyridine rings is 1. The van der Waals surface area contributed by atoms with Crippen LogP contribution < -0.4 is 15.0 Å². The van der Waals surface area contributed by atoms with Gasteiger partial charge in [-0.05, 0) is 37.1 Å². The van der Waals surface area contributed by atoms with Gasteiger partial charge in [0.2, 0.25) is 0 Å². The molecular formula is C21H23N3O4. The van der Waals surface area contributed by atoms with Crippen LogP contribution in [0, 0.1) is 0 Å². The summed E-state index contributed by atoms with van der Waals surface area (Å²) in [6.45, 7) is 4.44. The van der Waals surface area contributed by atoms with Crippen LogP contribution in [0.3, 0.4) is 0 Å². The van der Waals surface area contributed by atoms with Gasteiger partial charge in [0, 0.05) is 18.8 Å². The molecule has 7 heteroatoms. The van der Waals surface area contributed by atoms with E-state index in [1.54, 1.807) is 19.3 Å². The molecule has 1 N–H and O–H groups in total. The number of likely N-dealkylation sites (N-methyl/N-ethyl adjacent to an activating group) is 1. The quantitative estimate of drug-likeness (QED) is 0.883. The highest BCUT2D eigenvalue weighted by molar-refractivity contribution is 6.03. The third kappa shape index (κ3) is 2.92. The molecule has 0 saturated carbocycles. The van der Waals surface area contributed by atoms with E-state index in [4.69, 9.17) is 9.47 Å². The van der Waals surface area contributed by atoms with E-state index < -0.39 is 17.6 Å². The van der Waals surface area contributed by atoms with Gasteiger partial charge in [-0.2, -0.15) is 0 Å². The first kappa shape index (κ1) is 18.4. The number of amides is 2. The number of rotatable bonds is 3. The van der Waals surface area contributed by atoms with Crippen molar-refractivity contribution in [2.24, 2.45) is 0 Å². The highest BCUT2D eigenvalue weighted by atomic mass is 16.5. The normalized spacial score (nSPS) is 23.5. The summed E-state index contributed by atoms with van der Waals surface area (Å²) in [7, 11) is 1.67. The highest BCUT2D eigenvalue weighted by Crippen LogP contribution is 2.39. The first-order chi connectivity index (χ1) is 13.4. The second-order valence-corrected chi connectivity index (χ2v) is 7.26. The average Bonchev–Trinajstić information content (AvgIpc) is 3.02. The summed E-state index contributed by atoms with van der Waals surface area (Å²) in [5.41, 5.74) is 2.31. The zero-order valence-electron chi connectivity index (χ0n) is 16.2. The van der Waals surface area contributed by atoms with Crippen LogP contribution in [-0.4, -0.2) is 36.5 Å². The number of fused-ring (bicyclic) bond motifs is 2. The van der Waals surface area contributed by atoms with Crippen molar-refractivity contribution in [2.75, 3.05) is 18.6 Å². The van der Waals surface area contributed by atoms with Gasteiger partial charge in [0.25, 0.3) is 11.8 Å². The smallest absolute Gasteiger partial charge is 0.271 e. The lowest BCUT2D eigenvalue weighted by molar-refractivity contribution is -0.120. The predicted molar refractivity (Wildman–Crippen MR) is 103 cm³/mol. The molecule has 2 aliphatic heterocycles. The molecule has 0 radical (unpaired) electrons. The van der Waals surface area contributed by atoms with E-state index in [9.17, 15) is 9.59 Å². The van der Waals surface area contributed by atoms with Crippen molar-refractivity contribution in [3.05, 3.63) is 53.3 Å². The Labute approximate surface area is 163 Å². The molecule has 2 aliphatic rings. The zero-order chi connectivity index (χ0) is 19.9. The van der Waals surface area contributed by atoms with Crippen LogP contribution in [0.4, 0.5) is 5.69 Å². The van der Waals surface area contributed by atoms with Crippen molar-refractivity contribution >= 4 is 17.5 Å².